The molecule has 92 valence electrons. The van der Waals surface area contributed by atoms with Gasteiger partial charge in [0.15, 0.2) is 0 Å². The van der Waals surface area contributed by atoms with Crippen LogP contribution in [0.3, 0.4) is 0 Å². The van der Waals surface area contributed by atoms with E-state index in [1.165, 1.54) is 0 Å². The fraction of sp³-hybridized carbons (Fsp3) is 0.143. The molecule has 2 aromatic rings. The van der Waals surface area contributed by atoms with Gasteiger partial charge in [-0.25, -0.2) is 0 Å². The minimum atomic E-state index is 0.215. The maximum Gasteiger partial charge on any atom is 0.118 e. The quantitative estimate of drug-likeness (QED) is 0.777. The van der Waals surface area contributed by atoms with E-state index in [0.717, 1.165) is 11.1 Å². The molecule has 18 heavy (non-hydrogen) atoms. The van der Waals surface area contributed by atoms with Crippen LogP contribution < -0.4 is 0 Å². The SMILES string of the molecule is Cc1cc(/N=N/c2ccc(O)cc2C)ccc1O. The number of benzene rings is 2. The van der Waals surface area contributed by atoms with Crippen LogP contribution in [-0.2, 0) is 0 Å². The van der Waals surface area contributed by atoms with Gasteiger partial charge in [-0.1, -0.05) is 0 Å². The minimum absolute atomic E-state index is 0.215. The maximum atomic E-state index is 9.40. The van der Waals surface area contributed by atoms with Crippen molar-refractivity contribution in [2.24, 2.45) is 10.2 Å². The molecule has 0 aromatic heterocycles. The fourth-order valence-corrected chi connectivity index (χ4v) is 1.57. The molecule has 2 rings (SSSR count). The van der Waals surface area contributed by atoms with Crippen LogP contribution in [0.4, 0.5) is 11.4 Å². The van der Waals surface area contributed by atoms with Crippen LogP contribution >= 0.6 is 0 Å². The number of rotatable bonds is 2. The van der Waals surface area contributed by atoms with Crippen molar-refractivity contribution in [3.63, 3.8) is 0 Å². The Balaban J connectivity index is 2.27. The highest BCUT2D eigenvalue weighted by Crippen LogP contribution is 2.27. The Morgan fingerprint density at radius 2 is 1.61 bits per heavy atom. The molecular formula is C14H14N2O2. The Bertz CT molecular complexity index is 607. The van der Waals surface area contributed by atoms with Crippen molar-refractivity contribution in [1.29, 1.82) is 0 Å². The predicted octanol–water partition coefficient (Wildman–Crippen LogP) is 4.13. The Labute approximate surface area is 105 Å². The lowest BCUT2D eigenvalue weighted by Gasteiger charge is -2.01. The van der Waals surface area contributed by atoms with Gasteiger partial charge in [0.25, 0.3) is 0 Å². The Kier molecular flexibility index (Phi) is 3.28. The minimum Gasteiger partial charge on any atom is -0.508 e. The molecule has 0 aliphatic rings. The van der Waals surface area contributed by atoms with E-state index in [4.69, 9.17) is 0 Å². The third-order valence-electron chi connectivity index (χ3n) is 2.63. The third kappa shape index (κ3) is 2.66. The summed E-state index contributed by atoms with van der Waals surface area (Å²) in [5.74, 6) is 0.460. The molecule has 0 bridgehead atoms. The van der Waals surface area contributed by atoms with Crippen LogP contribution in [0.1, 0.15) is 11.1 Å². The summed E-state index contributed by atoms with van der Waals surface area (Å²) in [6.45, 7) is 3.66. The largest absolute Gasteiger partial charge is 0.508 e. The molecular weight excluding hydrogens is 228 g/mol. The first-order chi connectivity index (χ1) is 8.56. The van der Waals surface area contributed by atoms with Crippen LogP contribution in [0.5, 0.6) is 11.5 Å². The lowest BCUT2D eigenvalue weighted by Crippen LogP contribution is -1.75. The molecule has 4 heteroatoms. The highest BCUT2D eigenvalue weighted by molar-refractivity contribution is 5.50. The molecule has 0 aliphatic heterocycles. The van der Waals surface area contributed by atoms with E-state index >= 15 is 0 Å². The van der Waals surface area contributed by atoms with Gasteiger partial charge in [-0.3, -0.25) is 0 Å². The number of phenolic OH excluding ortho intramolecular Hbond substituents is 2. The average Bonchev–Trinajstić information content (AvgIpc) is 2.32. The van der Waals surface area contributed by atoms with Crippen LogP contribution in [0, 0.1) is 13.8 Å². The van der Waals surface area contributed by atoms with Crippen molar-refractivity contribution in [3.05, 3.63) is 47.5 Å². The van der Waals surface area contributed by atoms with Crippen molar-refractivity contribution >= 4 is 11.4 Å². The zero-order valence-corrected chi connectivity index (χ0v) is 10.3. The van der Waals surface area contributed by atoms with Crippen molar-refractivity contribution < 1.29 is 10.2 Å². The number of aryl methyl sites for hydroxylation is 2. The van der Waals surface area contributed by atoms with E-state index in [2.05, 4.69) is 10.2 Å². The van der Waals surface area contributed by atoms with Crippen molar-refractivity contribution in [3.8, 4) is 11.5 Å². The summed E-state index contributed by atoms with van der Waals surface area (Å²) in [6, 6.07) is 9.96. The lowest BCUT2D eigenvalue weighted by molar-refractivity contribution is 0.471. The molecule has 0 heterocycles. The standard InChI is InChI=1S/C14H14N2O2/c1-9-8-12(17)4-5-13(9)16-15-11-3-6-14(18)10(2)7-11/h3-8,17-18H,1-2H3/b16-15+. The molecule has 0 saturated carbocycles. The summed E-state index contributed by atoms with van der Waals surface area (Å²) in [5, 5.41) is 26.9. The number of phenols is 2. The van der Waals surface area contributed by atoms with E-state index in [1.54, 1.807) is 43.3 Å². The van der Waals surface area contributed by atoms with Gasteiger partial charge in [0.1, 0.15) is 11.5 Å². The van der Waals surface area contributed by atoms with E-state index in [9.17, 15) is 10.2 Å². The van der Waals surface area contributed by atoms with Gasteiger partial charge in [-0.15, -0.1) is 0 Å². The normalized spacial score (nSPS) is 11.0. The first-order valence-corrected chi connectivity index (χ1v) is 5.57. The zero-order chi connectivity index (χ0) is 13.1. The second kappa shape index (κ2) is 4.87. The van der Waals surface area contributed by atoms with Crippen molar-refractivity contribution in [2.75, 3.05) is 0 Å². The Morgan fingerprint density at radius 1 is 0.833 bits per heavy atom. The smallest absolute Gasteiger partial charge is 0.118 e. The second-order valence-electron chi connectivity index (χ2n) is 4.14. The van der Waals surface area contributed by atoms with Gasteiger partial charge in [0.2, 0.25) is 0 Å². The van der Waals surface area contributed by atoms with Crippen LogP contribution in [0.25, 0.3) is 0 Å². The summed E-state index contributed by atoms with van der Waals surface area (Å²) >= 11 is 0. The van der Waals surface area contributed by atoms with E-state index < -0.39 is 0 Å². The van der Waals surface area contributed by atoms with E-state index in [0.29, 0.717) is 11.4 Å². The molecule has 0 aliphatic carbocycles. The highest BCUT2D eigenvalue weighted by Gasteiger charge is 1.99. The van der Waals surface area contributed by atoms with Crippen LogP contribution in [0.2, 0.25) is 0 Å². The number of hydrogen-bond acceptors (Lipinski definition) is 4. The molecule has 0 fully saturated rings. The fourth-order valence-electron chi connectivity index (χ4n) is 1.57. The molecule has 0 atom stereocenters. The van der Waals surface area contributed by atoms with Crippen molar-refractivity contribution in [1.82, 2.24) is 0 Å². The predicted molar refractivity (Wildman–Crippen MR) is 69.9 cm³/mol. The van der Waals surface area contributed by atoms with Gasteiger partial charge in [-0.05, 0) is 61.4 Å². The highest BCUT2D eigenvalue weighted by atomic mass is 16.3. The monoisotopic (exact) mass is 242 g/mol. The summed E-state index contributed by atoms with van der Waals surface area (Å²) in [6.07, 6.45) is 0. The lowest BCUT2D eigenvalue weighted by atomic mass is 10.2. The zero-order valence-electron chi connectivity index (χ0n) is 10.3. The number of nitrogens with zero attached hydrogens (tertiary/aromatic N) is 2. The molecule has 0 unspecified atom stereocenters. The van der Waals surface area contributed by atoms with Gasteiger partial charge >= 0.3 is 0 Å². The summed E-state index contributed by atoms with van der Waals surface area (Å²) < 4.78 is 0. The summed E-state index contributed by atoms with van der Waals surface area (Å²) in [4.78, 5) is 0. The van der Waals surface area contributed by atoms with E-state index in [-0.39, 0.29) is 11.5 Å². The molecule has 2 aromatic carbocycles. The molecule has 2 N–H and O–H groups in total. The number of aromatic hydroxyl groups is 2. The first kappa shape index (κ1) is 12.1. The maximum absolute atomic E-state index is 9.40. The van der Waals surface area contributed by atoms with Gasteiger partial charge < -0.3 is 10.2 Å². The number of azo groups is 1. The average molecular weight is 242 g/mol. The molecule has 0 radical (unpaired) electrons. The topological polar surface area (TPSA) is 65.2 Å². The van der Waals surface area contributed by atoms with E-state index in [1.807, 2.05) is 6.92 Å². The van der Waals surface area contributed by atoms with Crippen LogP contribution in [-0.4, -0.2) is 10.2 Å². The molecule has 0 saturated heterocycles. The molecule has 0 amide bonds. The Hall–Kier alpha value is -2.36. The summed E-state index contributed by atoms with van der Waals surface area (Å²) in [7, 11) is 0. The molecule has 4 nitrogen and oxygen atoms in total. The third-order valence-corrected chi connectivity index (χ3v) is 2.63. The van der Waals surface area contributed by atoms with Gasteiger partial charge in [0.05, 0.1) is 11.4 Å². The second-order valence-corrected chi connectivity index (χ2v) is 4.14. The Morgan fingerprint density at radius 3 is 2.28 bits per heavy atom. The van der Waals surface area contributed by atoms with Crippen LogP contribution in [0.15, 0.2) is 46.6 Å². The van der Waals surface area contributed by atoms with Gasteiger partial charge in [0, 0.05) is 0 Å². The molecule has 0 spiro atoms. The van der Waals surface area contributed by atoms with Crippen molar-refractivity contribution in [2.45, 2.75) is 13.8 Å². The number of hydrogen-bond donors (Lipinski definition) is 2. The van der Waals surface area contributed by atoms with Gasteiger partial charge in [-0.2, -0.15) is 10.2 Å². The first-order valence-electron chi connectivity index (χ1n) is 5.57. The summed E-state index contributed by atoms with van der Waals surface area (Å²) in [5.41, 5.74) is 3.00.